The Bertz CT molecular complexity index is 5730. The van der Waals surface area contributed by atoms with Crippen LogP contribution in [-0.4, -0.2) is 200 Å². The van der Waals surface area contributed by atoms with Crippen LogP contribution < -0.4 is 64.5 Å². The lowest BCUT2D eigenvalue weighted by atomic mass is 10.0. The van der Waals surface area contributed by atoms with Gasteiger partial charge < -0.3 is 102 Å². The molecular weight excluding hydrogens is 1670 g/mol. The Morgan fingerprint density at radius 2 is 0.772 bits per heavy atom. The van der Waals surface area contributed by atoms with Crippen molar-refractivity contribution in [2.24, 2.45) is 0 Å². The first-order valence-electron chi connectivity index (χ1n) is 42.2. The van der Waals surface area contributed by atoms with Crippen LogP contribution in [0.3, 0.4) is 0 Å². The Balaban J connectivity index is 0.000000131. The Morgan fingerprint density at radius 3 is 1.19 bits per heavy atom. The van der Waals surface area contributed by atoms with Crippen molar-refractivity contribution in [1.82, 2.24) is 46.2 Å². The molecule has 5 aromatic heterocycles. The van der Waals surface area contributed by atoms with Crippen molar-refractivity contribution in [3.05, 3.63) is 249 Å². The van der Waals surface area contributed by atoms with E-state index in [0.717, 1.165) is 128 Å². The van der Waals surface area contributed by atoms with Gasteiger partial charge in [0.05, 0.1) is 157 Å². The number of amides is 3. The zero-order chi connectivity index (χ0) is 87.8. The number of rotatable bonds is 27. The molecule has 7 aromatic carbocycles. The molecule has 5 N–H and O–H groups in total. The number of pyridine rings is 5. The molecule has 127 heavy (non-hydrogen) atoms. The summed E-state index contributed by atoms with van der Waals surface area (Å²) in [7, 11) is 8.30. The Labute approximate surface area is 745 Å². The van der Waals surface area contributed by atoms with Gasteiger partial charge in [0.25, 0.3) is 17.7 Å². The maximum absolute atomic E-state index is 12.6. The number of carbonyl (C=O) groups excluding carboxylic acids is 3. The van der Waals surface area contributed by atoms with Crippen LogP contribution in [0, 0.1) is 0 Å². The second-order valence-corrected chi connectivity index (χ2v) is 31.7. The Morgan fingerprint density at radius 1 is 0.386 bits per heavy atom. The molecule has 4 fully saturated rings. The highest BCUT2D eigenvalue weighted by Gasteiger charge is 2.30. The van der Waals surface area contributed by atoms with Crippen LogP contribution in [0.2, 0.25) is 10.0 Å². The molecule has 3 amide bonds. The van der Waals surface area contributed by atoms with E-state index in [1.807, 2.05) is 140 Å². The summed E-state index contributed by atoms with van der Waals surface area (Å²) in [6.45, 7) is 6.35. The second-order valence-electron chi connectivity index (χ2n) is 30.8. The standard InChI is InChI=1S/C25H27N3O5.C25H26N2O6.C23H22Cl2N2O4.C23H27N3O4/c1-30-19-4-5-21-20(11-19)17(8-9-26-21)3-7-25-32-13-18(14-33-25)27-12-16-2-6-23-22(10-16)28-24(29)15-31-23;1-29-19-4-5-21-20(13-19)16(8-9-26-21)3-7-24-32-14-18(15-33-24)27-25(28)17-2-6-22-23(12-17)31-11-10-30-22;1-29-17-4-6-21-18(11-17)14(8-9-26-21)3-7-22-30-12-16(13-31-22)27-23(28)15-2-5-19(24)20(25)10-15;1-27-19-4-5-22-21(10-19)17(7-8-25-22)3-6-23-29-14-18(15-30-23)26-12-16-9-20(28-2)13-24-11-16/h2,4-6,8-11,18,25,27H,3,7,12-15H2,1H3,(H,28,29);2,4-6,8-9,12-13,18,24H,3,7,10-11,14-15H2,1H3,(H,27,28);2,4-6,8-11,16,22H,3,7,12-13H2,1H3,(H,27,28);4-5,7-11,13,18,23,26H,3,6,12,14-15H2,1-2H3. The highest BCUT2D eigenvalue weighted by atomic mass is 35.5. The molecule has 0 spiro atoms. The van der Waals surface area contributed by atoms with Crippen molar-refractivity contribution in [3.63, 3.8) is 0 Å². The fourth-order valence-electron chi connectivity index (χ4n) is 15.2. The highest BCUT2D eigenvalue weighted by Crippen LogP contribution is 2.35. The molecule has 0 aliphatic carbocycles. The van der Waals surface area contributed by atoms with E-state index in [1.54, 1.807) is 84.3 Å². The fraction of sp³-hybridized carbons (Fsp3) is 0.354. The zero-order valence-corrected chi connectivity index (χ0v) is 72.7. The minimum absolute atomic E-state index is 0.0636. The molecule has 0 unspecified atom stereocenters. The summed E-state index contributed by atoms with van der Waals surface area (Å²) in [4.78, 5) is 58.4. The van der Waals surface area contributed by atoms with E-state index in [-0.39, 0.29) is 73.7 Å². The first-order chi connectivity index (χ1) is 62.1. The molecule has 0 saturated carbocycles. The van der Waals surface area contributed by atoms with Gasteiger partial charge in [-0.2, -0.15) is 0 Å². The topological polar surface area (TPSA) is 323 Å². The van der Waals surface area contributed by atoms with E-state index in [4.69, 9.17) is 99.0 Å². The van der Waals surface area contributed by atoms with Gasteiger partial charge in [-0.1, -0.05) is 29.3 Å². The van der Waals surface area contributed by atoms with E-state index in [1.165, 1.54) is 16.7 Å². The number of aryl methyl sites for hydroxylation is 4. The third-order valence-corrected chi connectivity index (χ3v) is 22.9. The average Bonchev–Trinajstić information content (AvgIpc) is 0.834. The van der Waals surface area contributed by atoms with E-state index >= 15 is 0 Å². The minimum Gasteiger partial charge on any atom is -0.497 e. The van der Waals surface area contributed by atoms with Crippen molar-refractivity contribution in [2.45, 2.75) is 114 Å². The summed E-state index contributed by atoms with van der Waals surface area (Å²) < 4.78 is 90.3. The molecule has 31 heteroatoms. The predicted molar refractivity (Wildman–Crippen MR) is 478 cm³/mol. The van der Waals surface area contributed by atoms with Crippen LogP contribution in [0.4, 0.5) is 5.69 Å². The van der Waals surface area contributed by atoms with E-state index < -0.39 is 0 Å². The normalized spacial score (nSPS) is 19.4. The van der Waals surface area contributed by atoms with Gasteiger partial charge in [0.1, 0.15) is 47.7 Å². The Kier molecular flexibility index (Phi) is 31.7. The number of aromatic nitrogens is 5. The molecule has 0 atom stereocenters. The number of benzene rings is 7. The van der Waals surface area contributed by atoms with Crippen LogP contribution in [0.1, 0.15) is 79.8 Å². The molecule has 4 saturated heterocycles. The molecule has 12 aromatic rings. The number of ether oxygens (including phenoxy) is 16. The number of methoxy groups -OCH3 is 5. The fourth-order valence-corrected chi connectivity index (χ4v) is 15.5. The van der Waals surface area contributed by atoms with Crippen molar-refractivity contribution >= 4 is 90.2 Å². The predicted octanol–water partition coefficient (Wildman–Crippen LogP) is 13.9. The van der Waals surface area contributed by atoms with E-state index in [0.29, 0.717) is 136 Å². The first-order valence-corrected chi connectivity index (χ1v) is 43.0. The van der Waals surface area contributed by atoms with Gasteiger partial charge in [-0.25, -0.2) is 0 Å². The third kappa shape index (κ3) is 24.8. The van der Waals surface area contributed by atoms with Crippen LogP contribution in [0.25, 0.3) is 43.6 Å². The molecule has 18 rings (SSSR count). The summed E-state index contributed by atoms with van der Waals surface area (Å²) >= 11 is 11.9. The molecule has 0 bridgehead atoms. The van der Waals surface area contributed by atoms with Crippen LogP contribution >= 0.6 is 23.2 Å². The van der Waals surface area contributed by atoms with Crippen LogP contribution in [-0.2, 0) is 81.5 Å². The largest absolute Gasteiger partial charge is 0.497 e. The van der Waals surface area contributed by atoms with Gasteiger partial charge in [-0.3, -0.25) is 39.3 Å². The number of carbonyl (C=O) groups is 3. The van der Waals surface area contributed by atoms with Gasteiger partial charge in [0.2, 0.25) is 0 Å². The molecular formula is C96H102Cl2N10O19. The SMILES string of the molecule is COc1ccc2nccc(CCC3OCC(NC(=O)c4ccc(Cl)c(Cl)c4)CO3)c2c1.COc1ccc2nccc(CCC3OCC(NC(=O)c4ccc5c(c4)OCCO5)CO3)c2c1.COc1ccc2nccc(CCC3OCC(NCc4ccc5c(c4)NC(=O)CO5)CO3)c2c1.COc1cncc(CNC2COC(CCc3ccnc4ccc(OC)cc34)OC2)c1. The van der Waals surface area contributed by atoms with E-state index in [9.17, 15) is 14.4 Å². The summed E-state index contributed by atoms with van der Waals surface area (Å²) in [6, 6.07) is 49.3. The molecule has 11 heterocycles. The smallest absolute Gasteiger partial charge is 0.262 e. The van der Waals surface area contributed by atoms with Gasteiger partial charge >= 0.3 is 0 Å². The van der Waals surface area contributed by atoms with Gasteiger partial charge in [-0.05, 0) is 211 Å². The summed E-state index contributed by atoms with van der Waals surface area (Å²) in [5.74, 6) is 5.39. The number of halogens is 2. The second kappa shape index (κ2) is 44.7. The van der Waals surface area contributed by atoms with Gasteiger partial charge in [0, 0.05) is 102 Å². The quantitative estimate of drug-likeness (QED) is 0.0319. The lowest BCUT2D eigenvalue weighted by Gasteiger charge is -2.30. The molecule has 29 nitrogen and oxygen atoms in total. The molecule has 6 aliphatic heterocycles. The van der Waals surface area contributed by atoms with Crippen molar-refractivity contribution in [3.8, 4) is 46.0 Å². The number of anilines is 1. The molecule has 6 aliphatic rings. The molecule has 0 radical (unpaired) electrons. The Hall–Kier alpha value is -11.7. The van der Waals surface area contributed by atoms with Crippen molar-refractivity contribution in [2.75, 3.05) is 114 Å². The summed E-state index contributed by atoms with van der Waals surface area (Å²) in [5.41, 5.74) is 12.3. The average molecular weight is 1770 g/mol. The van der Waals surface area contributed by atoms with Crippen molar-refractivity contribution in [1.29, 1.82) is 0 Å². The van der Waals surface area contributed by atoms with Gasteiger partial charge in [0.15, 0.2) is 43.3 Å². The maximum atomic E-state index is 12.6. The lowest BCUT2D eigenvalue weighted by molar-refractivity contribution is -0.192. The van der Waals surface area contributed by atoms with Crippen LogP contribution in [0.5, 0.6) is 46.0 Å². The summed E-state index contributed by atoms with van der Waals surface area (Å²) in [6.07, 6.45) is 16.0. The number of fused-ring (bicyclic) bond motifs is 6. The van der Waals surface area contributed by atoms with Crippen LogP contribution in [0.15, 0.2) is 195 Å². The minimum atomic E-state index is -0.327. The highest BCUT2D eigenvalue weighted by molar-refractivity contribution is 6.42. The van der Waals surface area contributed by atoms with Crippen molar-refractivity contribution < 1.29 is 90.2 Å². The lowest BCUT2D eigenvalue weighted by Crippen LogP contribution is -2.47. The monoisotopic (exact) mass is 1770 g/mol. The number of nitrogens with one attached hydrogen (secondary N) is 5. The number of hydrogen-bond donors (Lipinski definition) is 5. The van der Waals surface area contributed by atoms with E-state index in [2.05, 4.69) is 57.6 Å². The zero-order valence-electron chi connectivity index (χ0n) is 71.2. The molecule has 664 valence electrons. The first kappa shape index (κ1) is 90.1. The summed E-state index contributed by atoms with van der Waals surface area (Å²) in [5, 5.41) is 20.7. The maximum Gasteiger partial charge on any atom is 0.262 e. The number of nitrogens with zero attached hydrogens (tertiary/aromatic N) is 5. The number of hydrogen-bond acceptors (Lipinski definition) is 26. The van der Waals surface area contributed by atoms with Gasteiger partial charge in [-0.15, -0.1) is 0 Å². The third-order valence-electron chi connectivity index (χ3n) is 22.1.